The topological polar surface area (TPSA) is 53.1 Å². The molecule has 1 saturated heterocycles. The summed E-state index contributed by atoms with van der Waals surface area (Å²) in [4.78, 5) is 4.26. The van der Waals surface area contributed by atoms with Crippen LogP contribution in [-0.2, 0) is 4.74 Å². The molecule has 1 aliphatic heterocycles. The molecular weight excluding hydrogens is 214 g/mol. The first kappa shape index (κ1) is 12.6. The molecule has 17 heavy (non-hydrogen) atoms. The van der Waals surface area contributed by atoms with Crippen LogP contribution in [0.3, 0.4) is 0 Å². The van der Waals surface area contributed by atoms with E-state index in [1.165, 1.54) is 0 Å². The van der Waals surface area contributed by atoms with Crippen molar-refractivity contribution in [1.29, 1.82) is 0 Å². The van der Waals surface area contributed by atoms with Crippen molar-refractivity contribution >= 4 is 0 Å². The van der Waals surface area contributed by atoms with Crippen molar-refractivity contribution in [3.8, 4) is 0 Å². The predicted octanol–water partition coefficient (Wildman–Crippen LogP) is 2.28. The highest BCUT2D eigenvalue weighted by molar-refractivity contribution is 5.07. The lowest BCUT2D eigenvalue weighted by Crippen LogP contribution is -2.23. The monoisotopic (exact) mass is 237 g/mol. The Morgan fingerprint density at radius 3 is 2.94 bits per heavy atom. The molecule has 2 N–H and O–H groups in total. The largest absolute Gasteiger partial charge is 0.376 e. The molecule has 4 nitrogen and oxygen atoms in total. The molecule has 2 rings (SSSR count). The maximum atomic E-state index is 6.25. The van der Waals surface area contributed by atoms with Gasteiger partial charge in [0.2, 0.25) is 0 Å². The van der Waals surface area contributed by atoms with Gasteiger partial charge >= 0.3 is 0 Å². The maximum absolute atomic E-state index is 6.25. The highest BCUT2D eigenvalue weighted by Crippen LogP contribution is 2.29. The zero-order valence-electron chi connectivity index (χ0n) is 11.0. The number of imidazole rings is 1. The Morgan fingerprint density at radius 1 is 1.59 bits per heavy atom. The quantitative estimate of drug-likeness (QED) is 0.874. The highest BCUT2D eigenvalue weighted by atomic mass is 16.5. The van der Waals surface area contributed by atoms with Crippen LogP contribution in [0, 0.1) is 5.92 Å². The van der Waals surface area contributed by atoms with Crippen LogP contribution in [0.25, 0.3) is 0 Å². The SMILES string of the molecule is CC(C)CC(N)c1cncn1C1CCOC1C. The van der Waals surface area contributed by atoms with Gasteiger partial charge in [0.15, 0.2) is 0 Å². The van der Waals surface area contributed by atoms with Crippen molar-refractivity contribution < 1.29 is 4.74 Å². The Kier molecular flexibility index (Phi) is 3.84. The van der Waals surface area contributed by atoms with Gasteiger partial charge in [0.05, 0.1) is 24.2 Å². The summed E-state index contributed by atoms with van der Waals surface area (Å²) in [5.41, 5.74) is 7.39. The second-order valence-electron chi connectivity index (χ2n) is 5.39. The molecule has 1 aromatic rings. The van der Waals surface area contributed by atoms with Crippen LogP contribution in [0.4, 0.5) is 0 Å². The van der Waals surface area contributed by atoms with Crippen LogP contribution in [0.2, 0.25) is 0 Å². The Morgan fingerprint density at radius 2 is 2.35 bits per heavy atom. The zero-order valence-corrected chi connectivity index (χ0v) is 11.0. The van der Waals surface area contributed by atoms with Crippen molar-refractivity contribution in [2.75, 3.05) is 6.61 Å². The van der Waals surface area contributed by atoms with Gasteiger partial charge in [-0.05, 0) is 25.7 Å². The number of aromatic nitrogens is 2. The predicted molar refractivity (Wildman–Crippen MR) is 67.7 cm³/mol. The van der Waals surface area contributed by atoms with Crippen molar-refractivity contribution in [3.05, 3.63) is 18.2 Å². The summed E-state index contributed by atoms with van der Waals surface area (Å²) in [5, 5.41) is 0. The second kappa shape index (κ2) is 5.19. The van der Waals surface area contributed by atoms with Crippen LogP contribution >= 0.6 is 0 Å². The third kappa shape index (κ3) is 2.69. The van der Waals surface area contributed by atoms with Gasteiger partial charge in [-0.3, -0.25) is 0 Å². The average molecular weight is 237 g/mol. The van der Waals surface area contributed by atoms with Crippen molar-refractivity contribution in [3.63, 3.8) is 0 Å². The van der Waals surface area contributed by atoms with Gasteiger partial charge in [-0.2, -0.15) is 0 Å². The number of ether oxygens (including phenoxy) is 1. The Balaban J connectivity index is 2.16. The van der Waals surface area contributed by atoms with E-state index in [1.54, 1.807) is 0 Å². The summed E-state index contributed by atoms with van der Waals surface area (Å²) in [6, 6.07) is 0.469. The second-order valence-corrected chi connectivity index (χ2v) is 5.39. The zero-order chi connectivity index (χ0) is 12.4. The van der Waals surface area contributed by atoms with Crippen LogP contribution in [-0.4, -0.2) is 22.3 Å². The molecule has 2 heterocycles. The molecule has 1 aromatic heterocycles. The summed E-state index contributed by atoms with van der Waals surface area (Å²) in [6.07, 6.45) is 6.10. The molecule has 0 aliphatic carbocycles. The number of nitrogens with two attached hydrogens (primary N) is 1. The summed E-state index contributed by atoms with van der Waals surface area (Å²) in [6.45, 7) is 7.35. The number of hydrogen-bond acceptors (Lipinski definition) is 3. The normalized spacial score (nSPS) is 26.6. The molecule has 0 spiro atoms. The molecule has 1 fully saturated rings. The molecule has 0 saturated carbocycles. The van der Waals surface area contributed by atoms with E-state index in [4.69, 9.17) is 10.5 Å². The molecule has 0 aromatic carbocycles. The lowest BCUT2D eigenvalue weighted by Gasteiger charge is -2.22. The summed E-state index contributed by atoms with van der Waals surface area (Å²) in [7, 11) is 0. The highest BCUT2D eigenvalue weighted by Gasteiger charge is 2.28. The van der Waals surface area contributed by atoms with Crippen LogP contribution in [0.1, 0.15) is 51.4 Å². The van der Waals surface area contributed by atoms with E-state index in [1.807, 2.05) is 12.5 Å². The van der Waals surface area contributed by atoms with E-state index in [0.29, 0.717) is 12.0 Å². The van der Waals surface area contributed by atoms with Crippen LogP contribution < -0.4 is 5.73 Å². The minimum atomic E-state index is 0.0744. The first-order valence-electron chi connectivity index (χ1n) is 6.48. The molecule has 0 amide bonds. The van der Waals surface area contributed by atoms with Crippen LogP contribution in [0.15, 0.2) is 12.5 Å². The third-order valence-electron chi connectivity index (χ3n) is 3.49. The van der Waals surface area contributed by atoms with Gasteiger partial charge in [0, 0.05) is 18.8 Å². The molecule has 0 radical (unpaired) electrons. The first-order valence-corrected chi connectivity index (χ1v) is 6.48. The lowest BCUT2D eigenvalue weighted by molar-refractivity contribution is 0.107. The Bertz CT molecular complexity index is 361. The van der Waals surface area contributed by atoms with Crippen molar-refractivity contribution in [1.82, 2.24) is 9.55 Å². The van der Waals surface area contributed by atoms with Crippen LogP contribution in [0.5, 0.6) is 0 Å². The number of rotatable bonds is 4. The Labute approximate surface area is 103 Å². The van der Waals surface area contributed by atoms with Gasteiger partial charge in [-0.25, -0.2) is 4.98 Å². The van der Waals surface area contributed by atoms with Crippen molar-refractivity contribution in [2.24, 2.45) is 11.7 Å². The van der Waals surface area contributed by atoms with E-state index in [9.17, 15) is 0 Å². The van der Waals surface area contributed by atoms with Gasteiger partial charge in [0.1, 0.15) is 0 Å². The molecule has 3 unspecified atom stereocenters. The third-order valence-corrected chi connectivity index (χ3v) is 3.49. The molecule has 4 heteroatoms. The number of hydrogen-bond donors (Lipinski definition) is 1. The molecular formula is C13H23N3O. The fourth-order valence-corrected chi connectivity index (χ4v) is 2.59. The van der Waals surface area contributed by atoms with E-state index in [-0.39, 0.29) is 12.1 Å². The van der Waals surface area contributed by atoms with E-state index >= 15 is 0 Å². The van der Waals surface area contributed by atoms with Gasteiger partial charge in [0.25, 0.3) is 0 Å². The van der Waals surface area contributed by atoms with Gasteiger partial charge < -0.3 is 15.0 Å². The fourth-order valence-electron chi connectivity index (χ4n) is 2.59. The average Bonchev–Trinajstić information content (AvgIpc) is 2.83. The number of nitrogens with zero attached hydrogens (tertiary/aromatic N) is 2. The lowest BCUT2D eigenvalue weighted by atomic mass is 10.0. The van der Waals surface area contributed by atoms with Gasteiger partial charge in [-0.15, -0.1) is 0 Å². The van der Waals surface area contributed by atoms with E-state index in [0.717, 1.165) is 25.1 Å². The molecule has 3 atom stereocenters. The molecule has 0 bridgehead atoms. The minimum Gasteiger partial charge on any atom is -0.376 e. The summed E-state index contributed by atoms with van der Waals surface area (Å²) in [5.74, 6) is 0.602. The Hall–Kier alpha value is -0.870. The standard InChI is InChI=1S/C13H23N3O/c1-9(2)6-11(14)13-7-15-8-16(13)12-4-5-17-10(12)3/h7-12H,4-6,14H2,1-3H3. The molecule has 96 valence electrons. The van der Waals surface area contributed by atoms with Crippen molar-refractivity contribution in [2.45, 2.75) is 51.8 Å². The van der Waals surface area contributed by atoms with E-state index < -0.39 is 0 Å². The minimum absolute atomic E-state index is 0.0744. The first-order chi connectivity index (χ1) is 8.09. The maximum Gasteiger partial charge on any atom is 0.0952 e. The van der Waals surface area contributed by atoms with Gasteiger partial charge in [-0.1, -0.05) is 13.8 Å². The van der Waals surface area contributed by atoms with E-state index in [2.05, 4.69) is 30.3 Å². The smallest absolute Gasteiger partial charge is 0.0952 e. The summed E-state index contributed by atoms with van der Waals surface area (Å²) < 4.78 is 7.83. The molecule has 1 aliphatic rings. The summed E-state index contributed by atoms with van der Waals surface area (Å²) >= 11 is 0. The fraction of sp³-hybridized carbons (Fsp3) is 0.769.